The largest absolute Gasteiger partial charge is 0.243 e. The van der Waals surface area contributed by atoms with E-state index in [0.717, 1.165) is 5.56 Å². The Kier molecular flexibility index (Phi) is 2.96. The van der Waals surface area contributed by atoms with E-state index in [-0.39, 0.29) is 0 Å². The van der Waals surface area contributed by atoms with Crippen molar-refractivity contribution in [2.75, 3.05) is 0 Å². The highest BCUT2D eigenvalue weighted by atomic mass is 35.5. The van der Waals surface area contributed by atoms with Crippen LogP contribution in [0.1, 0.15) is 11.1 Å². The second-order valence-corrected chi connectivity index (χ2v) is 3.20. The SMILES string of the molecule is Clc1ncncc1C#Cc1ccccc1. The Balaban J connectivity index is 2.31. The highest BCUT2D eigenvalue weighted by molar-refractivity contribution is 6.30. The van der Waals surface area contributed by atoms with Crippen molar-refractivity contribution in [3.8, 4) is 11.8 Å². The van der Waals surface area contributed by atoms with Crippen LogP contribution in [0, 0.1) is 11.8 Å². The van der Waals surface area contributed by atoms with Crippen LogP contribution in [0.5, 0.6) is 0 Å². The maximum Gasteiger partial charge on any atom is 0.148 e. The minimum atomic E-state index is 0.383. The number of halogens is 1. The normalized spacial score (nSPS) is 9.13. The van der Waals surface area contributed by atoms with Crippen molar-refractivity contribution >= 4 is 11.6 Å². The molecule has 72 valence electrons. The van der Waals surface area contributed by atoms with Gasteiger partial charge in [-0.05, 0) is 12.1 Å². The number of rotatable bonds is 0. The summed E-state index contributed by atoms with van der Waals surface area (Å²) in [5.74, 6) is 5.91. The van der Waals surface area contributed by atoms with Gasteiger partial charge in [-0.2, -0.15) is 0 Å². The van der Waals surface area contributed by atoms with Gasteiger partial charge in [0.2, 0.25) is 0 Å². The van der Waals surface area contributed by atoms with E-state index in [9.17, 15) is 0 Å². The summed E-state index contributed by atoms with van der Waals surface area (Å²) < 4.78 is 0. The van der Waals surface area contributed by atoms with Gasteiger partial charge in [0.25, 0.3) is 0 Å². The molecule has 1 aromatic carbocycles. The second-order valence-electron chi connectivity index (χ2n) is 2.84. The van der Waals surface area contributed by atoms with Gasteiger partial charge >= 0.3 is 0 Å². The average molecular weight is 215 g/mol. The molecule has 1 aromatic heterocycles. The van der Waals surface area contributed by atoms with Gasteiger partial charge < -0.3 is 0 Å². The first-order chi connectivity index (χ1) is 7.36. The first-order valence-electron chi connectivity index (χ1n) is 4.39. The molecule has 0 aliphatic rings. The van der Waals surface area contributed by atoms with Crippen LogP contribution in [-0.2, 0) is 0 Å². The molecule has 2 aromatic rings. The van der Waals surface area contributed by atoms with Crippen molar-refractivity contribution in [2.24, 2.45) is 0 Å². The molecule has 0 saturated carbocycles. The van der Waals surface area contributed by atoms with Crippen LogP contribution in [0.2, 0.25) is 5.15 Å². The minimum absolute atomic E-state index is 0.383. The molecule has 0 aliphatic heterocycles. The number of nitrogens with zero attached hydrogens (tertiary/aromatic N) is 2. The molecule has 0 fully saturated rings. The highest BCUT2D eigenvalue weighted by Gasteiger charge is 1.95. The van der Waals surface area contributed by atoms with Crippen LogP contribution >= 0.6 is 11.6 Å². The van der Waals surface area contributed by atoms with E-state index in [2.05, 4.69) is 21.8 Å². The predicted molar refractivity (Wildman–Crippen MR) is 59.5 cm³/mol. The lowest BCUT2D eigenvalue weighted by atomic mass is 10.2. The Morgan fingerprint density at radius 1 is 1.07 bits per heavy atom. The molecule has 1 heterocycles. The van der Waals surface area contributed by atoms with E-state index in [4.69, 9.17) is 11.6 Å². The Labute approximate surface area is 93.0 Å². The molecule has 0 saturated heterocycles. The van der Waals surface area contributed by atoms with Gasteiger partial charge in [0.05, 0.1) is 5.56 Å². The Hall–Kier alpha value is -1.85. The molecule has 3 heteroatoms. The first kappa shape index (κ1) is 9.70. The highest BCUT2D eigenvalue weighted by Crippen LogP contribution is 2.08. The van der Waals surface area contributed by atoms with Gasteiger partial charge in [0, 0.05) is 11.8 Å². The van der Waals surface area contributed by atoms with Crippen molar-refractivity contribution in [1.29, 1.82) is 0 Å². The third kappa shape index (κ3) is 2.55. The maximum absolute atomic E-state index is 5.84. The molecule has 0 atom stereocenters. The van der Waals surface area contributed by atoms with E-state index in [1.807, 2.05) is 30.3 Å². The summed E-state index contributed by atoms with van der Waals surface area (Å²) in [6.45, 7) is 0. The monoisotopic (exact) mass is 214 g/mol. The molecule has 2 rings (SSSR count). The van der Waals surface area contributed by atoms with Crippen LogP contribution in [0.3, 0.4) is 0 Å². The molecule has 2 nitrogen and oxygen atoms in total. The number of hydrogen-bond donors (Lipinski definition) is 0. The number of benzene rings is 1. The quantitative estimate of drug-likeness (QED) is 0.498. The van der Waals surface area contributed by atoms with Gasteiger partial charge in [-0.15, -0.1) is 0 Å². The van der Waals surface area contributed by atoms with Crippen molar-refractivity contribution in [2.45, 2.75) is 0 Å². The van der Waals surface area contributed by atoms with Crippen molar-refractivity contribution in [3.05, 3.63) is 59.1 Å². The third-order valence-corrected chi connectivity index (χ3v) is 2.08. The Morgan fingerprint density at radius 3 is 2.60 bits per heavy atom. The van der Waals surface area contributed by atoms with Gasteiger partial charge in [0.1, 0.15) is 11.5 Å². The van der Waals surface area contributed by atoms with E-state index in [0.29, 0.717) is 10.7 Å². The van der Waals surface area contributed by atoms with Gasteiger partial charge in [0.15, 0.2) is 0 Å². The van der Waals surface area contributed by atoms with Crippen LogP contribution < -0.4 is 0 Å². The molecule has 0 bridgehead atoms. The van der Waals surface area contributed by atoms with Crippen molar-refractivity contribution in [1.82, 2.24) is 9.97 Å². The standard InChI is InChI=1S/C12H7ClN2/c13-12-11(8-14-9-15-12)7-6-10-4-2-1-3-5-10/h1-5,8-9H. The molecular formula is C12H7ClN2. The molecule has 0 aliphatic carbocycles. The van der Waals surface area contributed by atoms with Crippen LogP contribution in [-0.4, -0.2) is 9.97 Å². The second kappa shape index (κ2) is 4.59. The Morgan fingerprint density at radius 2 is 1.87 bits per heavy atom. The first-order valence-corrected chi connectivity index (χ1v) is 4.76. The fourth-order valence-electron chi connectivity index (χ4n) is 1.06. The lowest BCUT2D eigenvalue weighted by Gasteiger charge is -1.91. The minimum Gasteiger partial charge on any atom is -0.243 e. The third-order valence-electron chi connectivity index (χ3n) is 1.78. The summed E-state index contributed by atoms with van der Waals surface area (Å²) in [6, 6.07) is 9.69. The van der Waals surface area contributed by atoms with E-state index < -0.39 is 0 Å². The van der Waals surface area contributed by atoms with Crippen LogP contribution in [0.4, 0.5) is 0 Å². The lowest BCUT2D eigenvalue weighted by molar-refractivity contribution is 1.16. The summed E-state index contributed by atoms with van der Waals surface area (Å²) in [5, 5.41) is 0.383. The molecular weight excluding hydrogens is 208 g/mol. The van der Waals surface area contributed by atoms with Crippen molar-refractivity contribution < 1.29 is 0 Å². The van der Waals surface area contributed by atoms with E-state index in [1.165, 1.54) is 6.33 Å². The average Bonchev–Trinajstić information content (AvgIpc) is 2.29. The zero-order valence-electron chi connectivity index (χ0n) is 7.81. The van der Waals surface area contributed by atoms with E-state index >= 15 is 0 Å². The summed E-state index contributed by atoms with van der Waals surface area (Å²) in [7, 11) is 0. The van der Waals surface area contributed by atoms with Gasteiger partial charge in [-0.3, -0.25) is 0 Å². The zero-order valence-corrected chi connectivity index (χ0v) is 8.57. The lowest BCUT2D eigenvalue weighted by Crippen LogP contribution is -1.83. The fraction of sp³-hybridized carbons (Fsp3) is 0. The number of aromatic nitrogens is 2. The number of hydrogen-bond acceptors (Lipinski definition) is 2. The molecule has 0 radical (unpaired) electrons. The Bertz CT molecular complexity index is 512. The summed E-state index contributed by atoms with van der Waals surface area (Å²) in [4.78, 5) is 7.70. The molecule has 0 N–H and O–H groups in total. The summed E-state index contributed by atoms with van der Waals surface area (Å²) in [5.41, 5.74) is 1.58. The predicted octanol–water partition coefficient (Wildman–Crippen LogP) is 2.53. The molecule has 15 heavy (non-hydrogen) atoms. The van der Waals surface area contributed by atoms with Gasteiger partial charge in [-0.25, -0.2) is 9.97 Å². The van der Waals surface area contributed by atoms with Gasteiger partial charge in [-0.1, -0.05) is 41.6 Å². The topological polar surface area (TPSA) is 25.8 Å². The van der Waals surface area contributed by atoms with Crippen molar-refractivity contribution in [3.63, 3.8) is 0 Å². The fourth-order valence-corrected chi connectivity index (χ4v) is 1.20. The molecule has 0 unspecified atom stereocenters. The van der Waals surface area contributed by atoms with E-state index in [1.54, 1.807) is 6.20 Å². The van der Waals surface area contributed by atoms with Crippen LogP contribution in [0.15, 0.2) is 42.9 Å². The molecule has 0 spiro atoms. The molecule has 0 amide bonds. The smallest absolute Gasteiger partial charge is 0.148 e. The zero-order chi connectivity index (χ0) is 10.5. The summed E-state index contributed by atoms with van der Waals surface area (Å²) in [6.07, 6.45) is 3.00. The van der Waals surface area contributed by atoms with Crippen LogP contribution in [0.25, 0.3) is 0 Å². The summed E-state index contributed by atoms with van der Waals surface area (Å²) >= 11 is 5.84. The maximum atomic E-state index is 5.84.